The van der Waals surface area contributed by atoms with Crippen LogP contribution in [-0.4, -0.2) is 24.0 Å². The molecule has 2 aromatic rings. The molecule has 2 aromatic carbocycles. The summed E-state index contributed by atoms with van der Waals surface area (Å²) in [5.41, 5.74) is 5.57. The van der Waals surface area contributed by atoms with E-state index in [4.69, 9.17) is 4.74 Å². The highest BCUT2D eigenvalue weighted by molar-refractivity contribution is 7.99. The van der Waals surface area contributed by atoms with Gasteiger partial charge in [-0.15, -0.1) is 11.8 Å². The van der Waals surface area contributed by atoms with Gasteiger partial charge in [-0.25, -0.2) is 0 Å². The van der Waals surface area contributed by atoms with Crippen molar-refractivity contribution >= 4 is 23.4 Å². The summed E-state index contributed by atoms with van der Waals surface area (Å²) < 4.78 is 5.83. The minimum Gasteiger partial charge on any atom is -0.492 e. The van der Waals surface area contributed by atoms with Gasteiger partial charge in [-0.2, -0.15) is 0 Å². The third-order valence-electron chi connectivity index (χ3n) is 4.25. The van der Waals surface area contributed by atoms with Crippen molar-refractivity contribution in [3.05, 3.63) is 58.7 Å². The Morgan fingerprint density at radius 3 is 2.62 bits per heavy atom. The summed E-state index contributed by atoms with van der Waals surface area (Å²) in [6, 6.07) is 12.4. The molecular weight excluding hydrogens is 342 g/mol. The fourth-order valence-electron chi connectivity index (χ4n) is 2.76. The van der Waals surface area contributed by atoms with Crippen LogP contribution in [0.1, 0.15) is 42.0 Å². The van der Waals surface area contributed by atoms with Crippen molar-refractivity contribution in [2.75, 3.05) is 23.4 Å². The highest BCUT2D eigenvalue weighted by atomic mass is 32.2. The predicted molar refractivity (Wildman–Crippen MR) is 113 cm³/mol. The average molecular weight is 372 g/mol. The van der Waals surface area contributed by atoms with Crippen LogP contribution in [0.25, 0.3) is 0 Å². The fraction of sp³-hybridized carbons (Fsp3) is 0.409. The normalized spacial score (nSPS) is 10.8. The number of carbonyl (C=O) groups is 1. The zero-order valence-corrected chi connectivity index (χ0v) is 17.2. The maximum atomic E-state index is 12.3. The van der Waals surface area contributed by atoms with Gasteiger partial charge in [-0.05, 0) is 55.0 Å². The lowest BCUT2D eigenvalue weighted by atomic mass is 9.98. The van der Waals surface area contributed by atoms with Crippen LogP contribution < -0.4 is 10.1 Å². The van der Waals surface area contributed by atoms with E-state index in [1.807, 2.05) is 26.0 Å². The molecule has 0 radical (unpaired) electrons. The second kappa shape index (κ2) is 9.67. The van der Waals surface area contributed by atoms with Crippen molar-refractivity contribution in [1.29, 1.82) is 0 Å². The molecule has 0 unspecified atom stereocenters. The standard InChI is InChI=1S/C22H29NO2S/c1-15(2)19-8-6-7-18(5)22(19)23-21(24)14-26-12-11-25-20-13-16(3)9-10-17(20)4/h6-10,13,15H,11-12,14H2,1-5H3,(H,23,24). The predicted octanol–water partition coefficient (Wildman–Crippen LogP) is 5.49. The monoisotopic (exact) mass is 371 g/mol. The molecule has 26 heavy (non-hydrogen) atoms. The molecule has 0 aromatic heterocycles. The van der Waals surface area contributed by atoms with Gasteiger partial charge in [0.2, 0.25) is 5.91 Å². The molecule has 140 valence electrons. The maximum absolute atomic E-state index is 12.3. The molecule has 0 atom stereocenters. The third kappa shape index (κ3) is 5.80. The molecule has 0 aliphatic rings. The first-order valence-corrected chi connectivity index (χ1v) is 10.2. The largest absolute Gasteiger partial charge is 0.492 e. The Hall–Kier alpha value is -1.94. The third-order valence-corrected chi connectivity index (χ3v) is 5.18. The van der Waals surface area contributed by atoms with Crippen molar-refractivity contribution in [1.82, 2.24) is 0 Å². The molecule has 1 N–H and O–H groups in total. The van der Waals surface area contributed by atoms with Gasteiger partial charge < -0.3 is 10.1 Å². The van der Waals surface area contributed by atoms with Gasteiger partial charge in [0.15, 0.2) is 0 Å². The molecule has 0 saturated heterocycles. The van der Waals surface area contributed by atoms with Crippen LogP contribution in [0.4, 0.5) is 5.69 Å². The number of benzene rings is 2. The van der Waals surface area contributed by atoms with Crippen molar-refractivity contribution < 1.29 is 9.53 Å². The Kier molecular flexibility index (Phi) is 7.58. The van der Waals surface area contributed by atoms with Crippen LogP contribution in [0.3, 0.4) is 0 Å². The molecule has 0 aliphatic carbocycles. The van der Waals surface area contributed by atoms with Crippen molar-refractivity contribution in [2.24, 2.45) is 0 Å². The first kappa shape index (κ1) is 20.4. The lowest BCUT2D eigenvalue weighted by molar-refractivity contribution is -0.113. The number of hydrogen-bond donors (Lipinski definition) is 1. The topological polar surface area (TPSA) is 38.3 Å². The van der Waals surface area contributed by atoms with Crippen LogP contribution >= 0.6 is 11.8 Å². The number of rotatable bonds is 8. The molecule has 4 heteroatoms. The summed E-state index contributed by atoms with van der Waals surface area (Å²) >= 11 is 1.59. The quantitative estimate of drug-likeness (QED) is 0.624. The lowest BCUT2D eigenvalue weighted by Crippen LogP contribution is -2.17. The van der Waals surface area contributed by atoms with Gasteiger partial charge in [-0.1, -0.05) is 44.2 Å². The number of amides is 1. The molecule has 0 saturated carbocycles. The number of aryl methyl sites for hydroxylation is 3. The Labute approximate surface area is 161 Å². The lowest BCUT2D eigenvalue weighted by Gasteiger charge is -2.16. The van der Waals surface area contributed by atoms with E-state index in [0.29, 0.717) is 18.3 Å². The first-order chi connectivity index (χ1) is 12.4. The van der Waals surface area contributed by atoms with E-state index < -0.39 is 0 Å². The van der Waals surface area contributed by atoms with Crippen LogP contribution in [0, 0.1) is 20.8 Å². The van der Waals surface area contributed by atoms with Crippen LogP contribution in [-0.2, 0) is 4.79 Å². The van der Waals surface area contributed by atoms with Crippen molar-refractivity contribution in [3.63, 3.8) is 0 Å². The maximum Gasteiger partial charge on any atom is 0.234 e. The van der Waals surface area contributed by atoms with E-state index in [0.717, 1.165) is 28.3 Å². The second-order valence-electron chi connectivity index (χ2n) is 6.91. The number of nitrogens with one attached hydrogen (secondary N) is 1. The summed E-state index contributed by atoms with van der Waals surface area (Å²) in [6.45, 7) is 11.0. The Balaban J connectivity index is 1.79. The Morgan fingerprint density at radius 1 is 1.12 bits per heavy atom. The summed E-state index contributed by atoms with van der Waals surface area (Å²) in [6.07, 6.45) is 0. The Bertz CT molecular complexity index is 756. The van der Waals surface area contributed by atoms with E-state index in [-0.39, 0.29) is 5.91 Å². The van der Waals surface area contributed by atoms with Crippen LogP contribution in [0.15, 0.2) is 36.4 Å². The van der Waals surface area contributed by atoms with Gasteiger partial charge in [-0.3, -0.25) is 4.79 Å². The van der Waals surface area contributed by atoms with Crippen LogP contribution in [0.5, 0.6) is 5.75 Å². The molecular formula is C22H29NO2S. The minimum absolute atomic E-state index is 0.0398. The Morgan fingerprint density at radius 2 is 1.88 bits per heavy atom. The van der Waals surface area contributed by atoms with E-state index >= 15 is 0 Å². The van der Waals surface area contributed by atoms with Gasteiger partial charge in [0.1, 0.15) is 5.75 Å². The minimum atomic E-state index is 0.0398. The molecule has 0 fully saturated rings. The SMILES string of the molecule is Cc1ccc(C)c(OCCSCC(=O)Nc2c(C)cccc2C(C)C)c1. The van der Waals surface area contributed by atoms with Crippen molar-refractivity contribution in [2.45, 2.75) is 40.5 Å². The van der Waals surface area contributed by atoms with Gasteiger partial charge in [0, 0.05) is 11.4 Å². The molecule has 0 bridgehead atoms. The summed E-state index contributed by atoms with van der Waals surface area (Å²) in [5.74, 6) is 2.56. The summed E-state index contributed by atoms with van der Waals surface area (Å²) in [7, 11) is 0. The molecule has 0 aliphatic heterocycles. The molecule has 3 nitrogen and oxygen atoms in total. The number of thioether (sulfide) groups is 1. The number of carbonyl (C=O) groups excluding carboxylic acids is 1. The summed E-state index contributed by atoms with van der Waals surface area (Å²) in [4.78, 5) is 12.3. The fourth-order valence-corrected chi connectivity index (χ4v) is 3.36. The van der Waals surface area contributed by atoms with E-state index in [9.17, 15) is 4.79 Å². The summed E-state index contributed by atoms with van der Waals surface area (Å²) in [5, 5.41) is 3.08. The van der Waals surface area contributed by atoms with Crippen molar-refractivity contribution in [3.8, 4) is 5.75 Å². The number of para-hydroxylation sites is 1. The molecule has 0 heterocycles. The average Bonchev–Trinajstić information content (AvgIpc) is 2.59. The number of anilines is 1. The van der Waals surface area contributed by atoms with E-state index in [2.05, 4.69) is 50.4 Å². The van der Waals surface area contributed by atoms with E-state index in [1.54, 1.807) is 11.8 Å². The second-order valence-corrected chi connectivity index (χ2v) is 8.02. The highest BCUT2D eigenvalue weighted by Gasteiger charge is 2.12. The zero-order chi connectivity index (χ0) is 19.1. The van der Waals surface area contributed by atoms with E-state index in [1.165, 1.54) is 11.1 Å². The van der Waals surface area contributed by atoms with Gasteiger partial charge in [0.25, 0.3) is 0 Å². The highest BCUT2D eigenvalue weighted by Crippen LogP contribution is 2.27. The van der Waals surface area contributed by atoms with Gasteiger partial charge in [0.05, 0.1) is 12.4 Å². The zero-order valence-electron chi connectivity index (χ0n) is 16.4. The first-order valence-electron chi connectivity index (χ1n) is 9.05. The molecule has 1 amide bonds. The number of ether oxygens (including phenoxy) is 1. The smallest absolute Gasteiger partial charge is 0.234 e. The molecule has 0 spiro atoms. The number of hydrogen-bond acceptors (Lipinski definition) is 3. The molecule has 2 rings (SSSR count). The van der Waals surface area contributed by atoms with Crippen LogP contribution in [0.2, 0.25) is 0 Å². The van der Waals surface area contributed by atoms with Gasteiger partial charge >= 0.3 is 0 Å².